The molecule has 2 heterocycles. The molecule has 0 saturated heterocycles. The van der Waals surface area contributed by atoms with E-state index in [0.29, 0.717) is 11.4 Å². The number of fused-ring (bicyclic) bond motifs is 1. The molecular formula is C25H18N2O2S. The number of rotatable bonds is 5. The van der Waals surface area contributed by atoms with Gasteiger partial charge < -0.3 is 4.74 Å². The van der Waals surface area contributed by atoms with Crippen molar-refractivity contribution in [2.75, 3.05) is 7.11 Å². The maximum atomic E-state index is 11.9. The number of thiazole rings is 1. The van der Waals surface area contributed by atoms with Crippen molar-refractivity contribution in [2.45, 2.75) is 0 Å². The molecule has 0 fully saturated rings. The number of carbonyl (C=O) groups excluding carboxylic acids is 1. The molecule has 0 aliphatic carbocycles. The highest BCUT2D eigenvalue weighted by Crippen LogP contribution is 2.33. The van der Waals surface area contributed by atoms with Crippen molar-refractivity contribution >= 4 is 22.6 Å². The van der Waals surface area contributed by atoms with E-state index in [1.165, 1.54) is 0 Å². The molecule has 5 aromatic rings. The Hall–Kier alpha value is -3.70. The molecular weight excluding hydrogens is 392 g/mol. The summed E-state index contributed by atoms with van der Waals surface area (Å²) in [5.41, 5.74) is 5.53. The van der Waals surface area contributed by atoms with Gasteiger partial charge in [-0.15, -0.1) is 0 Å². The highest BCUT2D eigenvalue weighted by atomic mass is 32.1. The lowest BCUT2D eigenvalue weighted by Gasteiger charge is -2.05. The van der Waals surface area contributed by atoms with Gasteiger partial charge in [-0.05, 0) is 28.8 Å². The van der Waals surface area contributed by atoms with E-state index in [2.05, 4.69) is 24.3 Å². The lowest BCUT2D eigenvalue weighted by atomic mass is 10.0. The van der Waals surface area contributed by atoms with E-state index >= 15 is 0 Å². The van der Waals surface area contributed by atoms with E-state index in [1.54, 1.807) is 18.4 Å². The Morgan fingerprint density at radius 1 is 0.833 bits per heavy atom. The van der Waals surface area contributed by atoms with E-state index in [-0.39, 0.29) is 0 Å². The normalized spacial score (nSPS) is 11.0. The van der Waals surface area contributed by atoms with E-state index < -0.39 is 0 Å². The van der Waals surface area contributed by atoms with E-state index in [0.717, 1.165) is 44.1 Å². The van der Waals surface area contributed by atoms with Crippen molar-refractivity contribution in [1.82, 2.24) is 9.38 Å². The van der Waals surface area contributed by atoms with Gasteiger partial charge in [-0.2, -0.15) is 0 Å². The van der Waals surface area contributed by atoms with Gasteiger partial charge in [0, 0.05) is 11.8 Å². The van der Waals surface area contributed by atoms with Gasteiger partial charge in [0.05, 0.1) is 12.0 Å². The van der Waals surface area contributed by atoms with Gasteiger partial charge in [0.25, 0.3) is 0 Å². The molecule has 2 aromatic heterocycles. The van der Waals surface area contributed by atoms with Crippen LogP contribution in [0, 0.1) is 0 Å². The molecule has 4 nitrogen and oxygen atoms in total. The number of benzene rings is 3. The fraction of sp³-hybridized carbons (Fsp3) is 0.0400. The van der Waals surface area contributed by atoms with E-state index in [9.17, 15) is 4.79 Å². The Balaban J connectivity index is 1.51. The second-order valence-corrected chi connectivity index (χ2v) is 7.89. The van der Waals surface area contributed by atoms with Gasteiger partial charge >= 0.3 is 0 Å². The van der Waals surface area contributed by atoms with Crippen molar-refractivity contribution in [3.8, 4) is 38.6 Å². The van der Waals surface area contributed by atoms with E-state index in [4.69, 9.17) is 9.72 Å². The third-order valence-electron chi connectivity index (χ3n) is 5.11. The summed E-state index contributed by atoms with van der Waals surface area (Å²) in [6.45, 7) is 0. The van der Waals surface area contributed by atoms with Crippen LogP contribution in [0.1, 0.15) is 10.5 Å². The van der Waals surface area contributed by atoms with Gasteiger partial charge in [0.15, 0.2) is 11.2 Å². The molecule has 0 aliphatic heterocycles. The summed E-state index contributed by atoms with van der Waals surface area (Å²) in [6.07, 6.45) is 2.87. The van der Waals surface area contributed by atoms with Crippen molar-refractivity contribution in [3.05, 3.63) is 90.8 Å². The molecule has 0 bridgehead atoms. The molecule has 0 amide bonds. The second-order valence-electron chi connectivity index (χ2n) is 6.88. The molecule has 0 atom stereocenters. The molecule has 0 N–H and O–H groups in total. The van der Waals surface area contributed by atoms with Gasteiger partial charge in [-0.3, -0.25) is 9.20 Å². The zero-order valence-corrected chi connectivity index (χ0v) is 17.1. The number of methoxy groups -OCH3 is 1. The molecule has 0 aliphatic rings. The number of nitrogens with zero attached hydrogens (tertiary/aromatic N) is 2. The van der Waals surface area contributed by atoms with E-state index in [1.807, 2.05) is 65.2 Å². The number of ether oxygens (including phenoxy) is 1. The molecule has 0 spiro atoms. The molecule has 0 radical (unpaired) electrons. The summed E-state index contributed by atoms with van der Waals surface area (Å²) in [6, 6.07) is 26.2. The summed E-state index contributed by atoms with van der Waals surface area (Å²) in [7, 11) is 1.66. The number of hydrogen-bond donors (Lipinski definition) is 0. The van der Waals surface area contributed by atoms with Crippen molar-refractivity contribution < 1.29 is 9.53 Å². The number of aromatic nitrogens is 2. The topological polar surface area (TPSA) is 43.6 Å². The fourth-order valence-corrected chi connectivity index (χ4v) is 4.52. The zero-order valence-electron chi connectivity index (χ0n) is 16.3. The summed E-state index contributed by atoms with van der Waals surface area (Å²) in [4.78, 5) is 18.6. The lowest BCUT2D eigenvalue weighted by molar-refractivity contribution is 0.111. The first-order valence-corrected chi connectivity index (χ1v) is 10.4. The van der Waals surface area contributed by atoms with Gasteiger partial charge in [-0.1, -0.05) is 78.1 Å². The average Bonchev–Trinajstić information content (AvgIpc) is 3.38. The van der Waals surface area contributed by atoms with Gasteiger partial charge in [0.1, 0.15) is 17.1 Å². The quantitative estimate of drug-likeness (QED) is 0.323. The summed E-state index contributed by atoms with van der Waals surface area (Å²) in [5, 5.41) is 0. The minimum absolute atomic E-state index is 0.570. The van der Waals surface area contributed by atoms with Gasteiger partial charge in [-0.25, -0.2) is 4.98 Å². The van der Waals surface area contributed by atoms with Crippen LogP contribution in [0.25, 0.3) is 37.8 Å². The Bertz CT molecular complexity index is 1320. The monoisotopic (exact) mass is 410 g/mol. The van der Waals surface area contributed by atoms with Crippen molar-refractivity contribution in [1.29, 1.82) is 0 Å². The minimum Gasteiger partial charge on any atom is -0.497 e. The zero-order chi connectivity index (χ0) is 20.5. The first-order valence-electron chi connectivity index (χ1n) is 9.54. The second kappa shape index (κ2) is 7.61. The maximum Gasteiger partial charge on any atom is 0.195 e. The minimum atomic E-state index is 0.570. The highest BCUT2D eigenvalue weighted by molar-refractivity contribution is 7.20. The summed E-state index contributed by atoms with van der Waals surface area (Å²) in [5.74, 6) is 0.832. The number of carbonyl (C=O) groups is 1. The van der Waals surface area contributed by atoms with Crippen LogP contribution in [0.2, 0.25) is 0 Å². The Morgan fingerprint density at radius 2 is 1.47 bits per heavy atom. The molecule has 30 heavy (non-hydrogen) atoms. The first kappa shape index (κ1) is 18.3. The molecule has 5 heteroatoms. The molecule has 3 aromatic carbocycles. The van der Waals surface area contributed by atoms with Crippen LogP contribution in [0.15, 0.2) is 85.1 Å². The smallest absolute Gasteiger partial charge is 0.195 e. The standard InChI is InChI=1S/C25H18N2O2S/c1-29-21-13-11-18(12-14-21)17-7-9-20(10-8-17)24-22(16-28)27-15-23(30-25(27)26-24)19-5-3-2-4-6-19/h2-16H,1H3. The Kier molecular flexibility index (Phi) is 4.65. The van der Waals surface area contributed by atoms with Crippen LogP contribution >= 0.6 is 11.3 Å². The van der Waals surface area contributed by atoms with Crippen LogP contribution in [0.4, 0.5) is 0 Å². The molecule has 5 rings (SSSR count). The number of aldehydes is 1. The maximum absolute atomic E-state index is 11.9. The van der Waals surface area contributed by atoms with Crippen LogP contribution in [-0.4, -0.2) is 22.8 Å². The van der Waals surface area contributed by atoms with Crippen LogP contribution in [-0.2, 0) is 0 Å². The predicted molar refractivity (Wildman–Crippen MR) is 121 cm³/mol. The molecule has 0 unspecified atom stereocenters. The predicted octanol–water partition coefficient (Wildman–Crippen LogP) is 6.22. The molecule has 146 valence electrons. The van der Waals surface area contributed by atoms with Crippen molar-refractivity contribution in [2.24, 2.45) is 0 Å². The average molecular weight is 410 g/mol. The van der Waals surface area contributed by atoms with Crippen LogP contribution in [0.5, 0.6) is 5.75 Å². The molecule has 0 saturated carbocycles. The van der Waals surface area contributed by atoms with Gasteiger partial charge in [0.2, 0.25) is 0 Å². The summed E-state index contributed by atoms with van der Waals surface area (Å²) >= 11 is 1.58. The SMILES string of the molecule is COc1ccc(-c2ccc(-c3nc4sc(-c5ccccc5)cn4c3C=O)cc2)cc1. The Morgan fingerprint density at radius 3 is 2.10 bits per heavy atom. The Labute approximate surface area is 178 Å². The third kappa shape index (κ3) is 3.19. The number of imidazole rings is 1. The summed E-state index contributed by atoms with van der Waals surface area (Å²) < 4.78 is 7.10. The largest absolute Gasteiger partial charge is 0.497 e. The first-order chi connectivity index (χ1) is 14.8. The third-order valence-corrected chi connectivity index (χ3v) is 6.15. The van der Waals surface area contributed by atoms with Crippen LogP contribution in [0.3, 0.4) is 0 Å². The number of hydrogen-bond acceptors (Lipinski definition) is 4. The lowest BCUT2D eigenvalue weighted by Crippen LogP contribution is -1.90. The van der Waals surface area contributed by atoms with Crippen LogP contribution < -0.4 is 4.74 Å². The van der Waals surface area contributed by atoms with Crippen molar-refractivity contribution in [3.63, 3.8) is 0 Å². The fourth-order valence-electron chi connectivity index (χ4n) is 3.53. The highest BCUT2D eigenvalue weighted by Gasteiger charge is 2.17.